The van der Waals surface area contributed by atoms with Crippen LogP contribution in [0.4, 0.5) is 4.79 Å². The van der Waals surface area contributed by atoms with Gasteiger partial charge in [0.05, 0.1) is 31.3 Å². The van der Waals surface area contributed by atoms with Crippen molar-refractivity contribution >= 4 is 39.9 Å². The third kappa shape index (κ3) is 6.71. The van der Waals surface area contributed by atoms with Crippen molar-refractivity contribution in [3.05, 3.63) is 64.2 Å². The second-order valence-corrected chi connectivity index (χ2v) is 8.76. The highest BCUT2D eigenvalue weighted by Crippen LogP contribution is 2.38. The van der Waals surface area contributed by atoms with Crippen LogP contribution in [0, 0.1) is 0 Å². The molecule has 0 aromatic heterocycles. The number of carbonyl (C=O) groups excluding carboxylic acids is 3. The van der Waals surface area contributed by atoms with Crippen molar-refractivity contribution in [1.29, 1.82) is 0 Å². The van der Waals surface area contributed by atoms with Crippen molar-refractivity contribution in [1.82, 2.24) is 10.2 Å². The molecular weight excluding hydrogens is 544 g/mol. The fourth-order valence-electron chi connectivity index (χ4n) is 3.54. The van der Waals surface area contributed by atoms with E-state index >= 15 is 0 Å². The van der Waals surface area contributed by atoms with Gasteiger partial charge in [-0.25, -0.2) is 4.79 Å². The highest BCUT2D eigenvalue weighted by molar-refractivity contribution is 9.10. The quantitative estimate of drug-likeness (QED) is 0.220. The minimum absolute atomic E-state index is 0.0675. The molecule has 1 fully saturated rings. The lowest BCUT2D eigenvalue weighted by Gasteiger charge is -2.26. The zero-order chi connectivity index (χ0) is 26.9. The fraction of sp³-hybridized carbons (Fsp3) is 0.296. The summed E-state index contributed by atoms with van der Waals surface area (Å²) in [7, 11) is 1.51. The SMILES string of the molecule is C=CCOc1c(Br)cc(/C=C2\C(=O)NC(=O)N(Cc3ccc(OCCC)c(OC)c3)C2=O)cc1OCC. The summed E-state index contributed by atoms with van der Waals surface area (Å²) in [6, 6.07) is 7.69. The number of benzene rings is 2. The van der Waals surface area contributed by atoms with Gasteiger partial charge in [0.25, 0.3) is 11.8 Å². The van der Waals surface area contributed by atoms with Crippen LogP contribution in [-0.4, -0.2) is 49.7 Å². The number of hydrogen-bond donors (Lipinski definition) is 1. The zero-order valence-electron chi connectivity index (χ0n) is 21.0. The Balaban J connectivity index is 1.91. The van der Waals surface area contributed by atoms with Crippen molar-refractivity contribution in [3.8, 4) is 23.0 Å². The molecule has 0 radical (unpaired) electrons. The second kappa shape index (κ2) is 13.0. The summed E-state index contributed by atoms with van der Waals surface area (Å²) in [5.74, 6) is 0.442. The number of rotatable bonds is 12. The van der Waals surface area contributed by atoms with E-state index in [-0.39, 0.29) is 18.7 Å². The number of urea groups is 1. The summed E-state index contributed by atoms with van der Waals surface area (Å²) in [4.78, 5) is 39.4. The van der Waals surface area contributed by atoms with Crippen LogP contribution in [0.3, 0.4) is 0 Å². The molecule has 1 aliphatic rings. The molecule has 10 heteroatoms. The maximum absolute atomic E-state index is 13.3. The van der Waals surface area contributed by atoms with E-state index in [0.717, 1.165) is 11.3 Å². The summed E-state index contributed by atoms with van der Waals surface area (Å²) in [5.41, 5.74) is 0.944. The van der Waals surface area contributed by atoms with Crippen LogP contribution in [-0.2, 0) is 16.1 Å². The molecule has 0 saturated carbocycles. The molecule has 9 nitrogen and oxygen atoms in total. The Labute approximate surface area is 224 Å². The molecule has 0 spiro atoms. The van der Waals surface area contributed by atoms with Gasteiger partial charge in [0.2, 0.25) is 0 Å². The largest absolute Gasteiger partial charge is 0.493 e. The molecule has 2 aromatic carbocycles. The monoisotopic (exact) mass is 572 g/mol. The lowest BCUT2D eigenvalue weighted by Crippen LogP contribution is -2.53. The van der Waals surface area contributed by atoms with Crippen molar-refractivity contribution in [3.63, 3.8) is 0 Å². The summed E-state index contributed by atoms with van der Waals surface area (Å²) in [6.45, 7) is 8.58. The highest BCUT2D eigenvalue weighted by Gasteiger charge is 2.36. The first kappa shape index (κ1) is 27.8. The van der Waals surface area contributed by atoms with E-state index in [2.05, 4.69) is 27.8 Å². The van der Waals surface area contributed by atoms with E-state index in [1.165, 1.54) is 13.2 Å². The van der Waals surface area contributed by atoms with Crippen LogP contribution >= 0.6 is 15.9 Å². The number of carbonyl (C=O) groups is 3. The Morgan fingerprint density at radius 2 is 1.81 bits per heavy atom. The Bertz CT molecular complexity index is 1230. The molecule has 1 aliphatic heterocycles. The molecule has 0 aliphatic carbocycles. The molecule has 0 atom stereocenters. The second-order valence-electron chi connectivity index (χ2n) is 7.90. The molecule has 4 amide bonds. The molecule has 1 heterocycles. The van der Waals surface area contributed by atoms with Gasteiger partial charge in [-0.05, 0) is 70.7 Å². The Morgan fingerprint density at radius 1 is 1.03 bits per heavy atom. The Morgan fingerprint density at radius 3 is 2.49 bits per heavy atom. The first-order valence-corrected chi connectivity index (χ1v) is 12.5. The maximum Gasteiger partial charge on any atom is 0.331 e. The summed E-state index contributed by atoms with van der Waals surface area (Å²) >= 11 is 3.45. The number of barbiturate groups is 1. The van der Waals surface area contributed by atoms with Gasteiger partial charge < -0.3 is 18.9 Å². The lowest BCUT2D eigenvalue weighted by molar-refractivity contribution is -0.130. The number of hydrogen-bond acceptors (Lipinski definition) is 7. The predicted octanol–water partition coefficient (Wildman–Crippen LogP) is 4.87. The van der Waals surface area contributed by atoms with Crippen LogP contribution in [0.5, 0.6) is 23.0 Å². The number of methoxy groups -OCH3 is 1. The molecule has 0 bridgehead atoms. The normalized spacial score (nSPS) is 14.4. The smallest absolute Gasteiger partial charge is 0.331 e. The van der Waals surface area contributed by atoms with E-state index in [1.807, 2.05) is 13.8 Å². The van der Waals surface area contributed by atoms with Gasteiger partial charge >= 0.3 is 6.03 Å². The summed E-state index contributed by atoms with van der Waals surface area (Å²) < 4.78 is 23.0. The number of nitrogens with zero attached hydrogens (tertiary/aromatic N) is 1. The van der Waals surface area contributed by atoms with E-state index in [0.29, 0.717) is 51.8 Å². The van der Waals surface area contributed by atoms with Gasteiger partial charge in [-0.2, -0.15) is 0 Å². The summed E-state index contributed by atoms with van der Waals surface area (Å²) in [5, 5.41) is 2.24. The number of ether oxygens (including phenoxy) is 4. The van der Waals surface area contributed by atoms with Crippen LogP contribution < -0.4 is 24.3 Å². The molecular formula is C27H29BrN2O7. The topological polar surface area (TPSA) is 103 Å². The number of halogens is 1. The van der Waals surface area contributed by atoms with Crippen molar-refractivity contribution in [2.75, 3.05) is 26.9 Å². The standard InChI is InChI=1S/C27H29BrN2O7/c1-5-10-36-21-9-8-17(14-22(21)34-4)16-30-26(32)19(25(31)29-27(30)33)12-18-13-20(28)24(37-11-6-2)23(15-18)35-7-3/h6,8-9,12-15H,2,5,7,10-11,16H2,1,3-4H3,(H,29,31,33)/b19-12+. The van der Waals surface area contributed by atoms with Gasteiger partial charge in [0.1, 0.15) is 12.2 Å². The van der Waals surface area contributed by atoms with Crippen LogP contribution in [0.1, 0.15) is 31.4 Å². The van der Waals surface area contributed by atoms with Crippen molar-refractivity contribution < 1.29 is 33.3 Å². The fourth-order valence-corrected chi connectivity index (χ4v) is 4.12. The molecule has 2 aromatic rings. The Hall–Kier alpha value is -3.79. The Kier molecular flexibility index (Phi) is 9.73. The van der Waals surface area contributed by atoms with Gasteiger partial charge in [-0.3, -0.25) is 19.8 Å². The van der Waals surface area contributed by atoms with Crippen LogP contribution in [0.25, 0.3) is 6.08 Å². The van der Waals surface area contributed by atoms with E-state index in [4.69, 9.17) is 18.9 Å². The summed E-state index contributed by atoms with van der Waals surface area (Å²) in [6.07, 6.45) is 3.85. The van der Waals surface area contributed by atoms with Crippen molar-refractivity contribution in [2.45, 2.75) is 26.8 Å². The molecule has 37 heavy (non-hydrogen) atoms. The minimum Gasteiger partial charge on any atom is -0.493 e. The third-order valence-electron chi connectivity index (χ3n) is 5.20. The van der Waals surface area contributed by atoms with Crippen LogP contribution in [0.15, 0.2) is 53.0 Å². The zero-order valence-corrected chi connectivity index (χ0v) is 22.6. The molecule has 196 valence electrons. The highest BCUT2D eigenvalue weighted by atomic mass is 79.9. The molecule has 0 unspecified atom stereocenters. The van der Waals surface area contributed by atoms with Crippen LogP contribution in [0.2, 0.25) is 0 Å². The number of nitrogens with one attached hydrogen (secondary N) is 1. The van der Waals surface area contributed by atoms with E-state index < -0.39 is 17.8 Å². The van der Waals surface area contributed by atoms with Gasteiger partial charge in [-0.15, -0.1) is 0 Å². The number of imide groups is 2. The van der Waals surface area contributed by atoms with Gasteiger partial charge in [0, 0.05) is 0 Å². The van der Waals surface area contributed by atoms with Gasteiger partial charge in [-0.1, -0.05) is 25.6 Å². The molecule has 1 N–H and O–H groups in total. The lowest BCUT2D eigenvalue weighted by atomic mass is 10.1. The van der Waals surface area contributed by atoms with E-state index in [1.54, 1.807) is 36.4 Å². The third-order valence-corrected chi connectivity index (χ3v) is 5.79. The first-order chi connectivity index (χ1) is 17.8. The molecule has 3 rings (SSSR count). The first-order valence-electron chi connectivity index (χ1n) is 11.7. The minimum atomic E-state index is -0.804. The molecule has 1 saturated heterocycles. The van der Waals surface area contributed by atoms with Crippen molar-refractivity contribution in [2.24, 2.45) is 0 Å². The average molecular weight is 573 g/mol. The predicted molar refractivity (Wildman–Crippen MR) is 142 cm³/mol. The van der Waals surface area contributed by atoms with Gasteiger partial charge in [0.15, 0.2) is 23.0 Å². The average Bonchev–Trinajstić information content (AvgIpc) is 2.87. The maximum atomic E-state index is 13.3. The number of amides is 4. The van der Waals surface area contributed by atoms with E-state index in [9.17, 15) is 14.4 Å².